The number of hydrogen-bond acceptors (Lipinski definition) is 1. The summed E-state index contributed by atoms with van der Waals surface area (Å²) < 4.78 is 1.30. The molecule has 0 saturated heterocycles. The van der Waals surface area contributed by atoms with E-state index in [1.54, 1.807) is 6.20 Å². The van der Waals surface area contributed by atoms with Crippen LogP contribution in [0.4, 0.5) is 4.79 Å². The first kappa shape index (κ1) is 10.7. The summed E-state index contributed by atoms with van der Waals surface area (Å²) in [5, 5.41) is 10.1. The maximum Gasteiger partial charge on any atom is 0.416 e. The molecular formula is C13H15NO2. The second kappa shape index (κ2) is 4.00. The molecule has 3 nitrogen and oxygen atoms in total. The van der Waals surface area contributed by atoms with Gasteiger partial charge in [-0.15, -0.1) is 0 Å². The summed E-state index contributed by atoms with van der Waals surface area (Å²) in [7, 11) is 0. The topological polar surface area (TPSA) is 42.2 Å². The van der Waals surface area contributed by atoms with Gasteiger partial charge in [0.2, 0.25) is 0 Å². The highest BCUT2D eigenvalue weighted by atomic mass is 16.4. The SMILES string of the molecule is CC(C)Cc1cccc2ccn(C(=O)O)c12. The van der Waals surface area contributed by atoms with Gasteiger partial charge in [-0.2, -0.15) is 0 Å². The number of benzene rings is 1. The molecule has 1 N–H and O–H groups in total. The Morgan fingerprint density at radius 3 is 2.75 bits per heavy atom. The number of hydrogen-bond donors (Lipinski definition) is 1. The summed E-state index contributed by atoms with van der Waals surface area (Å²) in [6.45, 7) is 4.26. The lowest BCUT2D eigenvalue weighted by Crippen LogP contribution is -2.08. The fraction of sp³-hybridized carbons (Fsp3) is 0.308. The van der Waals surface area contributed by atoms with Gasteiger partial charge in [0.05, 0.1) is 5.52 Å². The minimum absolute atomic E-state index is 0.516. The van der Waals surface area contributed by atoms with Crippen LogP contribution in [0.25, 0.3) is 10.9 Å². The lowest BCUT2D eigenvalue weighted by atomic mass is 10.0. The van der Waals surface area contributed by atoms with Gasteiger partial charge in [0.1, 0.15) is 0 Å². The van der Waals surface area contributed by atoms with Crippen molar-refractivity contribution in [3.05, 3.63) is 36.0 Å². The third-order valence-electron chi connectivity index (χ3n) is 2.63. The van der Waals surface area contributed by atoms with Crippen LogP contribution in [0.5, 0.6) is 0 Å². The quantitative estimate of drug-likeness (QED) is 0.838. The van der Waals surface area contributed by atoms with Gasteiger partial charge in [0.15, 0.2) is 0 Å². The second-order valence-electron chi connectivity index (χ2n) is 4.42. The summed E-state index contributed by atoms with van der Waals surface area (Å²) in [5.74, 6) is 0.516. The summed E-state index contributed by atoms with van der Waals surface area (Å²) in [5.41, 5.74) is 1.92. The van der Waals surface area contributed by atoms with E-state index in [1.807, 2.05) is 24.3 Å². The van der Waals surface area contributed by atoms with E-state index in [9.17, 15) is 4.79 Å². The first-order valence-electron chi connectivity index (χ1n) is 5.42. The van der Waals surface area contributed by atoms with Crippen molar-refractivity contribution >= 4 is 17.0 Å². The number of para-hydroxylation sites is 1. The molecule has 0 fully saturated rings. The largest absolute Gasteiger partial charge is 0.464 e. The van der Waals surface area contributed by atoms with E-state index in [1.165, 1.54) is 4.57 Å². The first-order chi connectivity index (χ1) is 7.59. The zero-order chi connectivity index (χ0) is 11.7. The third-order valence-corrected chi connectivity index (χ3v) is 2.63. The number of nitrogens with zero attached hydrogens (tertiary/aromatic N) is 1. The number of rotatable bonds is 2. The van der Waals surface area contributed by atoms with Crippen LogP contribution in [0.2, 0.25) is 0 Å². The zero-order valence-corrected chi connectivity index (χ0v) is 9.47. The Balaban J connectivity index is 2.63. The predicted octanol–water partition coefficient (Wildman–Crippen LogP) is 3.37. The standard InChI is InChI=1S/C13H15NO2/c1-9(2)8-11-5-3-4-10-6-7-14(12(10)11)13(15)16/h3-7,9H,8H2,1-2H3,(H,15,16). The molecule has 3 heteroatoms. The second-order valence-corrected chi connectivity index (χ2v) is 4.42. The Labute approximate surface area is 94.3 Å². The Kier molecular flexibility index (Phi) is 2.69. The molecule has 0 aliphatic heterocycles. The summed E-state index contributed by atoms with van der Waals surface area (Å²) in [4.78, 5) is 11.1. The highest BCUT2D eigenvalue weighted by molar-refractivity contribution is 5.91. The van der Waals surface area contributed by atoms with E-state index in [0.29, 0.717) is 5.92 Å². The van der Waals surface area contributed by atoms with Crippen molar-refractivity contribution < 1.29 is 9.90 Å². The van der Waals surface area contributed by atoms with E-state index in [0.717, 1.165) is 22.9 Å². The van der Waals surface area contributed by atoms with Gasteiger partial charge in [0, 0.05) is 11.6 Å². The van der Waals surface area contributed by atoms with E-state index in [2.05, 4.69) is 13.8 Å². The molecule has 16 heavy (non-hydrogen) atoms. The van der Waals surface area contributed by atoms with Crippen LogP contribution in [0.15, 0.2) is 30.5 Å². The highest BCUT2D eigenvalue weighted by Crippen LogP contribution is 2.22. The van der Waals surface area contributed by atoms with E-state index >= 15 is 0 Å². The maximum atomic E-state index is 11.1. The third kappa shape index (κ3) is 1.81. The van der Waals surface area contributed by atoms with E-state index < -0.39 is 6.09 Å². The molecule has 84 valence electrons. The van der Waals surface area contributed by atoms with Crippen LogP contribution in [0.1, 0.15) is 19.4 Å². The maximum absolute atomic E-state index is 11.1. The molecule has 1 aromatic heterocycles. The van der Waals surface area contributed by atoms with Crippen molar-refractivity contribution in [3.8, 4) is 0 Å². The number of fused-ring (bicyclic) bond motifs is 1. The van der Waals surface area contributed by atoms with Crippen LogP contribution < -0.4 is 0 Å². The minimum atomic E-state index is -0.925. The average molecular weight is 217 g/mol. The molecule has 0 atom stereocenters. The summed E-state index contributed by atoms with van der Waals surface area (Å²) in [6, 6.07) is 7.76. The molecule has 0 spiro atoms. The zero-order valence-electron chi connectivity index (χ0n) is 9.47. The van der Waals surface area contributed by atoms with Gasteiger partial charge in [-0.1, -0.05) is 32.0 Å². The van der Waals surface area contributed by atoms with Crippen molar-refractivity contribution in [3.63, 3.8) is 0 Å². The molecule has 0 bridgehead atoms. The van der Waals surface area contributed by atoms with E-state index in [-0.39, 0.29) is 0 Å². The van der Waals surface area contributed by atoms with Gasteiger partial charge < -0.3 is 5.11 Å². The van der Waals surface area contributed by atoms with Crippen LogP contribution in [0, 0.1) is 5.92 Å². The molecule has 2 rings (SSSR count). The van der Waals surface area contributed by atoms with Gasteiger partial charge in [-0.05, 0) is 24.0 Å². The minimum Gasteiger partial charge on any atom is -0.464 e. The summed E-state index contributed by atoms with van der Waals surface area (Å²) in [6.07, 6.45) is 1.58. The number of carbonyl (C=O) groups is 1. The van der Waals surface area contributed by atoms with Crippen molar-refractivity contribution in [1.82, 2.24) is 4.57 Å². The Morgan fingerprint density at radius 2 is 2.12 bits per heavy atom. The molecule has 0 aliphatic carbocycles. The van der Waals surface area contributed by atoms with Crippen LogP contribution >= 0.6 is 0 Å². The molecule has 0 amide bonds. The fourth-order valence-electron chi connectivity index (χ4n) is 2.03. The first-order valence-corrected chi connectivity index (χ1v) is 5.42. The average Bonchev–Trinajstić information content (AvgIpc) is 2.61. The summed E-state index contributed by atoms with van der Waals surface area (Å²) >= 11 is 0. The number of carboxylic acid groups (broad SMARTS) is 1. The predicted molar refractivity (Wildman–Crippen MR) is 63.9 cm³/mol. The smallest absolute Gasteiger partial charge is 0.416 e. The molecular weight excluding hydrogens is 202 g/mol. The molecule has 0 unspecified atom stereocenters. The fourth-order valence-corrected chi connectivity index (χ4v) is 2.03. The molecule has 0 radical (unpaired) electrons. The molecule has 0 saturated carbocycles. The van der Waals surface area contributed by atoms with Crippen molar-refractivity contribution in [1.29, 1.82) is 0 Å². The lowest BCUT2D eigenvalue weighted by Gasteiger charge is -2.08. The van der Waals surface area contributed by atoms with Crippen LogP contribution in [-0.4, -0.2) is 15.8 Å². The molecule has 0 aliphatic rings. The van der Waals surface area contributed by atoms with Crippen molar-refractivity contribution in [2.75, 3.05) is 0 Å². The van der Waals surface area contributed by atoms with Crippen molar-refractivity contribution in [2.45, 2.75) is 20.3 Å². The van der Waals surface area contributed by atoms with Gasteiger partial charge >= 0.3 is 6.09 Å². The van der Waals surface area contributed by atoms with Gasteiger partial charge in [-0.3, -0.25) is 4.57 Å². The molecule has 2 aromatic rings. The normalized spacial score (nSPS) is 11.2. The molecule has 1 heterocycles. The van der Waals surface area contributed by atoms with Gasteiger partial charge in [-0.25, -0.2) is 4.79 Å². The Morgan fingerprint density at radius 1 is 1.38 bits per heavy atom. The number of aromatic nitrogens is 1. The van der Waals surface area contributed by atoms with Crippen molar-refractivity contribution in [2.24, 2.45) is 5.92 Å². The molecule has 1 aromatic carbocycles. The Hall–Kier alpha value is -1.77. The monoisotopic (exact) mass is 217 g/mol. The lowest BCUT2D eigenvalue weighted by molar-refractivity contribution is 0.197. The van der Waals surface area contributed by atoms with Crippen LogP contribution in [0.3, 0.4) is 0 Å². The van der Waals surface area contributed by atoms with Gasteiger partial charge in [0.25, 0.3) is 0 Å². The van der Waals surface area contributed by atoms with Crippen LogP contribution in [-0.2, 0) is 6.42 Å². The Bertz CT molecular complexity index is 526. The highest BCUT2D eigenvalue weighted by Gasteiger charge is 2.11. The van der Waals surface area contributed by atoms with E-state index in [4.69, 9.17) is 5.11 Å².